The van der Waals surface area contributed by atoms with E-state index in [1.54, 1.807) is 19.1 Å². The van der Waals surface area contributed by atoms with Gasteiger partial charge in [-0.15, -0.1) is 0 Å². The molecule has 1 atom stereocenters. The van der Waals surface area contributed by atoms with Crippen molar-refractivity contribution in [3.05, 3.63) is 35.4 Å². The minimum absolute atomic E-state index is 0.424. The zero-order chi connectivity index (χ0) is 16.2. The Morgan fingerprint density at radius 3 is 3.09 bits per heavy atom. The maximum absolute atomic E-state index is 5.63. The molecule has 0 amide bonds. The van der Waals surface area contributed by atoms with Crippen LogP contribution in [0.5, 0.6) is 0 Å². The summed E-state index contributed by atoms with van der Waals surface area (Å²) in [5.41, 5.74) is 3.62. The van der Waals surface area contributed by atoms with E-state index in [1.807, 2.05) is 6.20 Å². The van der Waals surface area contributed by atoms with E-state index >= 15 is 0 Å². The molecule has 0 aliphatic carbocycles. The Labute approximate surface area is 142 Å². The third kappa shape index (κ3) is 3.23. The van der Waals surface area contributed by atoms with Crippen LogP contribution in [0, 0.1) is 0 Å². The van der Waals surface area contributed by atoms with E-state index in [0.717, 1.165) is 43.1 Å². The maximum Gasteiger partial charge on any atom is 0.150 e. The van der Waals surface area contributed by atoms with Crippen LogP contribution in [0.25, 0.3) is 0 Å². The van der Waals surface area contributed by atoms with E-state index in [-0.39, 0.29) is 0 Å². The van der Waals surface area contributed by atoms with Crippen molar-refractivity contribution in [1.29, 1.82) is 0 Å². The second-order valence-electron chi connectivity index (χ2n) is 5.74. The fourth-order valence-electron chi connectivity index (χ4n) is 3.31. The smallest absolute Gasteiger partial charge is 0.150 e. The fraction of sp³-hybridized carbons (Fsp3) is 0.529. The van der Waals surface area contributed by atoms with Crippen molar-refractivity contribution in [2.45, 2.75) is 32.2 Å². The van der Waals surface area contributed by atoms with Gasteiger partial charge in [0.15, 0.2) is 5.84 Å². The first-order valence-corrected chi connectivity index (χ1v) is 9.30. The van der Waals surface area contributed by atoms with Gasteiger partial charge >= 0.3 is 0 Å². The molecule has 0 aromatic heterocycles. The van der Waals surface area contributed by atoms with Crippen LogP contribution in [-0.2, 0) is 4.74 Å². The lowest BCUT2D eigenvalue weighted by atomic mass is 10.1. The third-order valence-corrected chi connectivity index (χ3v) is 4.82. The molecule has 0 bridgehead atoms. The molecule has 0 aromatic rings. The van der Waals surface area contributed by atoms with Gasteiger partial charge in [0, 0.05) is 42.9 Å². The average molecular weight is 332 g/mol. The number of allylic oxidation sites excluding steroid dienone is 2. The van der Waals surface area contributed by atoms with E-state index in [9.17, 15) is 0 Å². The van der Waals surface area contributed by atoms with Gasteiger partial charge in [-0.05, 0) is 18.8 Å². The van der Waals surface area contributed by atoms with Crippen molar-refractivity contribution in [2.24, 2.45) is 9.98 Å². The molecule has 1 saturated heterocycles. The van der Waals surface area contributed by atoms with Crippen LogP contribution in [0.4, 0.5) is 0 Å². The minimum Gasteiger partial charge on any atom is -0.497 e. The van der Waals surface area contributed by atoms with Crippen molar-refractivity contribution < 1.29 is 4.74 Å². The first-order chi connectivity index (χ1) is 11.3. The van der Waals surface area contributed by atoms with Crippen LogP contribution in [0.2, 0.25) is 0 Å². The standard InChI is InChI=1S/C17H24N4OS/c1-4-6-16(22-2)13-10-19-17(14-7-5-8-18-14)21-11-12(20-23-3)9-15(13)21/h5-6,8,12,20H,4,7,9-11H2,1-3H3/b16-6-. The topological polar surface area (TPSA) is 49.2 Å². The van der Waals surface area contributed by atoms with Crippen LogP contribution < -0.4 is 4.72 Å². The number of rotatable bonds is 6. The summed E-state index contributed by atoms with van der Waals surface area (Å²) in [4.78, 5) is 11.7. The summed E-state index contributed by atoms with van der Waals surface area (Å²) in [5, 5.41) is 0. The van der Waals surface area contributed by atoms with Crippen molar-refractivity contribution >= 4 is 23.5 Å². The number of aliphatic imine (C=N–C) groups is 2. The highest BCUT2D eigenvalue weighted by molar-refractivity contribution is 7.96. The summed E-state index contributed by atoms with van der Waals surface area (Å²) in [6.07, 6.45) is 11.0. The Hall–Kier alpha value is -1.53. The molecule has 6 heteroatoms. The Kier molecular flexibility index (Phi) is 5.23. The number of amidine groups is 1. The normalized spacial score (nSPS) is 24.0. The summed E-state index contributed by atoms with van der Waals surface area (Å²) in [5.74, 6) is 2.00. The molecule has 0 aromatic carbocycles. The summed E-state index contributed by atoms with van der Waals surface area (Å²) in [6, 6.07) is 0.424. The number of fused-ring (bicyclic) bond motifs is 1. The van der Waals surface area contributed by atoms with Gasteiger partial charge < -0.3 is 9.64 Å². The van der Waals surface area contributed by atoms with Crippen molar-refractivity contribution in [3.8, 4) is 0 Å². The molecular weight excluding hydrogens is 308 g/mol. The van der Waals surface area contributed by atoms with E-state index in [0.29, 0.717) is 12.6 Å². The molecule has 0 spiro atoms. The van der Waals surface area contributed by atoms with Gasteiger partial charge in [0.25, 0.3) is 0 Å². The summed E-state index contributed by atoms with van der Waals surface area (Å²) in [7, 11) is 1.75. The summed E-state index contributed by atoms with van der Waals surface area (Å²) < 4.78 is 9.12. The lowest BCUT2D eigenvalue weighted by Crippen LogP contribution is -2.38. The number of ether oxygens (including phenoxy) is 1. The highest BCUT2D eigenvalue weighted by Gasteiger charge is 2.36. The Morgan fingerprint density at radius 1 is 1.57 bits per heavy atom. The average Bonchev–Trinajstić information content (AvgIpc) is 3.21. The maximum atomic E-state index is 5.63. The molecule has 0 saturated carbocycles. The second-order valence-corrected chi connectivity index (χ2v) is 6.39. The zero-order valence-electron chi connectivity index (χ0n) is 14.0. The summed E-state index contributed by atoms with van der Waals surface area (Å²) in [6.45, 7) is 3.73. The molecule has 5 nitrogen and oxygen atoms in total. The summed E-state index contributed by atoms with van der Waals surface area (Å²) >= 11 is 1.68. The molecule has 3 heterocycles. The number of nitrogens with zero attached hydrogens (tertiary/aromatic N) is 3. The van der Waals surface area contributed by atoms with Gasteiger partial charge in [-0.3, -0.25) is 14.7 Å². The van der Waals surface area contributed by atoms with Crippen molar-refractivity contribution in [3.63, 3.8) is 0 Å². The lowest BCUT2D eigenvalue weighted by molar-refractivity contribution is 0.295. The van der Waals surface area contributed by atoms with Gasteiger partial charge in [-0.1, -0.05) is 24.9 Å². The minimum atomic E-state index is 0.424. The first kappa shape index (κ1) is 16.3. The van der Waals surface area contributed by atoms with Gasteiger partial charge in [-0.2, -0.15) is 0 Å². The molecule has 3 rings (SSSR count). The van der Waals surface area contributed by atoms with Crippen molar-refractivity contribution in [1.82, 2.24) is 9.62 Å². The van der Waals surface area contributed by atoms with Crippen LogP contribution in [-0.4, -0.2) is 48.9 Å². The van der Waals surface area contributed by atoms with Crippen LogP contribution >= 0.6 is 11.9 Å². The van der Waals surface area contributed by atoms with Gasteiger partial charge in [-0.25, -0.2) is 0 Å². The molecule has 3 aliphatic rings. The van der Waals surface area contributed by atoms with Crippen LogP contribution in [0.15, 0.2) is 45.4 Å². The molecule has 124 valence electrons. The zero-order valence-corrected chi connectivity index (χ0v) is 14.8. The first-order valence-electron chi connectivity index (χ1n) is 8.07. The number of nitrogens with one attached hydrogen (secondary N) is 1. The molecule has 1 N–H and O–H groups in total. The van der Waals surface area contributed by atoms with Gasteiger partial charge in [0.2, 0.25) is 0 Å². The highest BCUT2D eigenvalue weighted by atomic mass is 32.2. The Morgan fingerprint density at radius 2 is 2.43 bits per heavy atom. The number of hydrogen-bond acceptors (Lipinski definition) is 6. The molecular formula is C17H24N4OS. The van der Waals surface area contributed by atoms with Gasteiger partial charge in [0.1, 0.15) is 5.76 Å². The SMILES string of the molecule is CC/C=C(\OC)C1=C2CC(NSC)CN2C(C2=NC=CC2)=NC1. The second kappa shape index (κ2) is 7.36. The molecule has 0 radical (unpaired) electrons. The van der Waals surface area contributed by atoms with E-state index < -0.39 is 0 Å². The Bertz CT molecular complexity index is 618. The highest BCUT2D eigenvalue weighted by Crippen LogP contribution is 2.33. The van der Waals surface area contributed by atoms with E-state index in [4.69, 9.17) is 9.73 Å². The third-order valence-electron chi connectivity index (χ3n) is 4.26. The van der Waals surface area contributed by atoms with Crippen LogP contribution in [0.1, 0.15) is 26.2 Å². The molecule has 1 fully saturated rings. The van der Waals surface area contributed by atoms with Gasteiger partial charge in [0.05, 0.1) is 19.4 Å². The quantitative estimate of drug-likeness (QED) is 0.600. The van der Waals surface area contributed by atoms with E-state index in [1.165, 1.54) is 11.3 Å². The van der Waals surface area contributed by atoms with E-state index in [2.05, 4.69) is 39.9 Å². The van der Waals surface area contributed by atoms with Crippen molar-refractivity contribution in [2.75, 3.05) is 26.5 Å². The lowest BCUT2D eigenvalue weighted by Gasteiger charge is -2.29. The largest absolute Gasteiger partial charge is 0.497 e. The fourth-order valence-corrected chi connectivity index (χ4v) is 3.80. The number of hydrogen-bond donors (Lipinski definition) is 1. The number of methoxy groups -OCH3 is 1. The monoisotopic (exact) mass is 332 g/mol. The molecule has 3 aliphatic heterocycles. The molecule has 23 heavy (non-hydrogen) atoms. The van der Waals surface area contributed by atoms with Crippen LogP contribution in [0.3, 0.4) is 0 Å². The predicted octanol–water partition coefficient (Wildman–Crippen LogP) is 2.89. The Balaban J connectivity index is 1.93. The molecule has 1 unspecified atom stereocenters. The predicted molar refractivity (Wildman–Crippen MR) is 97.7 cm³/mol.